The van der Waals surface area contributed by atoms with Gasteiger partial charge in [0.05, 0.1) is 12.0 Å². The van der Waals surface area contributed by atoms with Gasteiger partial charge in [-0.2, -0.15) is 0 Å². The maximum absolute atomic E-state index is 12.4. The van der Waals surface area contributed by atoms with Crippen LogP contribution in [0.5, 0.6) is 5.75 Å². The Bertz CT molecular complexity index is 739. The predicted octanol–water partition coefficient (Wildman–Crippen LogP) is 3.35. The molecule has 0 fully saturated rings. The van der Waals surface area contributed by atoms with Crippen LogP contribution in [0, 0.1) is 10.1 Å². The molecule has 0 spiro atoms. The minimum atomic E-state index is -0.506. The number of nitrogens with one attached hydrogen (secondary N) is 1. The molecule has 0 heterocycles. The molecule has 0 bridgehead atoms. The van der Waals surface area contributed by atoms with E-state index in [1.165, 1.54) is 24.3 Å². The van der Waals surface area contributed by atoms with E-state index in [0.717, 1.165) is 11.3 Å². The van der Waals surface area contributed by atoms with Crippen LogP contribution in [0.15, 0.2) is 48.5 Å². The van der Waals surface area contributed by atoms with Crippen LogP contribution in [-0.4, -0.2) is 23.5 Å². The maximum Gasteiger partial charge on any atom is 0.269 e. The molecule has 0 atom stereocenters. The van der Waals surface area contributed by atoms with Crippen molar-refractivity contribution >= 4 is 11.6 Å². The Balaban J connectivity index is 2.10. The second kappa shape index (κ2) is 7.12. The number of nitro groups is 1. The van der Waals surface area contributed by atoms with Gasteiger partial charge in [-0.1, -0.05) is 18.2 Å². The molecule has 0 aliphatic carbocycles. The number of non-ortho nitro benzene ring substituents is 1. The zero-order valence-electron chi connectivity index (χ0n) is 13.9. The van der Waals surface area contributed by atoms with Gasteiger partial charge in [-0.3, -0.25) is 14.9 Å². The summed E-state index contributed by atoms with van der Waals surface area (Å²) in [6.45, 7) is 3.84. The zero-order valence-corrected chi connectivity index (χ0v) is 13.9. The van der Waals surface area contributed by atoms with Crippen molar-refractivity contribution in [3.8, 4) is 5.75 Å². The molecule has 0 aliphatic heterocycles. The normalized spacial score (nSPS) is 11.0. The number of hydrogen-bond donors (Lipinski definition) is 1. The van der Waals surface area contributed by atoms with Gasteiger partial charge in [0.2, 0.25) is 0 Å². The van der Waals surface area contributed by atoms with Crippen molar-refractivity contribution in [2.75, 3.05) is 7.11 Å². The first-order valence-electron chi connectivity index (χ1n) is 7.51. The topological polar surface area (TPSA) is 81.5 Å². The lowest BCUT2D eigenvalue weighted by Gasteiger charge is -2.27. The highest BCUT2D eigenvalue weighted by Crippen LogP contribution is 2.23. The molecule has 1 amide bonds. The Kier molecular flexibility index (Phi) is 5.18. The molecule has 6 nitrogen and oxygen atoms in total. The van der Waals surface area contributed by atoms with Gasteiger partial charge >= 0.3 is 0 Å². The third-order valence-corrected chi connectivity index (χ3v) is 3.62. The number of amides is 1. The highest BCUT2D eigenvalue weighted by molar-refractivity contribution is 5.94. The second-order valence-electron chi connectivity index (χ2n) is 6.13. The molecule has 0 saturated carbocycles. The number of hydrogen-bond acceptors (Lipinski definition) is 4. The molecule has 24 heavy (non-hydrogen) atoms. The Hall–Kier alpha value is -2.89. The Morgan fingerprint density at radius 3 is 2.38 bits per heavy atom. The van der Waals surface area contributed by atoms with Gasteiger partial charge in [-0.15, -0.1) is 0 Å². The van der Waals surface area contributed by atoms with Crippen LogP contribution < -0.4 is 10.1 Å². The summed E-state index contributed by atoms with van der Waals surface area (Å²) in [5, 5.41) is 13.6. The molecular weight excluding hydrogens is 308 g/mol. The van der Waals surface area contributed by atoms with Gasteiger partial charge in [0.15, 0.2) is 0 Å². The van der Waals surface area contributed by atoms with E-state index in [4.69, 9.17) is 4.74 Å². The van der Waals surface area contributed by atoms with E-state index in [0.29, 0.717) is 12.0 Å². The number of methoxy groups -OCH3 is 1. The highest BCUT2D eigenvalue weighted by atomic mass is 16.6. The van der Waals surface area contributed by atoms with Crippen molar-refractivity contribution < 1.29 is 14.5 Å². The number of ether oxygens (including phenoxy) is 1. The molecule has 126 valence electrons. The van der Waals surface area contributed by atoms with Gasteiger partial charge in [-0.05, 0) is 44.0 Å². The second-order valence-corrected chi connectivity index (χ2v) is 6.13. The summed E-state index contributed by atoms with van der Waals surface area (Å²) in [5.74, 6) is 0.500. The SMILES string of the molecule is COc1ccccc1CC(C)(C)NC(=O)c1ccc([N+](=O)[O-])cc1. The summed E-state index contributed by atoms with van der Waals surface area (Å²) < 4.78 is 5.34. The molecular formula is C18H20N2O4. The van der Waals surface area contributed by atoms with Crippen LogP contribution in [0.1, 0.15) is 29.8 Å². The molecule has 2 rings (SSSR count). The first kappa shape index (κ1) is 17.5. The average Bonchev–Trinajstić information content (AvgIpc) is 2.54. The molecule has 0 aliphatic rings. The van der Waals surface area contributed by atoms with E-state index in [1.807, 2.05) is 38.1 Å². The number of nitro benzene ring substituents is 1. The lowest BCUT2D eigenvalue weighted by atomic mass is 9.94. The number of carbonyl (C=O) groups excluding carboxylic acids is 1. The summed E-state index contributed by atoms with van der Waals surface area (Å²) in [7, 11) is 1.61. The fraction of sp³-hybridized carbons (Fsp3) is 0.278. The van der Waals surface area contributed by atoms with Crippen LogP contribution in [-0.2, 0) is 6.42 Å². The Morgan fingerprint density at radius 1 is 1.17 bits per heavy atom. The van der Waals surface area contributed by atoms with Gasteiger partial charge in [0.25, 0.3) is 11.6 Å². The van der Waals surface area contributed by atoms with Crippen LogP contribution >= 0.6 is 0 Å². The van der Waals surface area contributed by atoms with Crippen LogP contribution in [0.25, 0.3) is 0 Å². The van der Waals surface area contributed by atoms with Crippen molar-refractivity contribution in [3.05, 3.63) is 69.8 Å². The van der Waals surface area contributed by atoms with E-state index < -0.39 is 10.5 Å². The summed E-state index contributed by atoms with van der Waals surface area (Å²) >= 11 is 0. The maximum atomic E-state index is 12.4. The number of para-hydroxylation sites is 1. The largest absolute Gasteiger partial charge is 0.496 e. The zero-order chi connectivity index (χ0) is 17.7. The van der Waals surface area contributed by atoms with E-state index in [2.05, 4.69) is 5.32 Å². The van der Waals surface area contributed by atoms with Gasteiger partial charge in [0, 0.05) is 23.2 Å². The van der Waals surface area contributed by atoms with Gasteiger partial charge < -0.3 is 10.1 Å². The van der Waals surface area contributed by atoms with Crippen molar-refractivity contribution in [2.45, 2.75) is 25.8 Å². The first-order valence-corrected chi connectivity index (χ1v) is 7.51. The molecule has 0 unspecified atom stereocenters. The first-order chi connectivity index (χ1) is 11.3. The third kappa shape index (κ3) is 4.32. The third-order valence-electron chi connectivity index (χ3n) is 3.62. The molecule has 2 aromatic carbocycles. The van der Waals surface area contributed by atoms with E-state index in [-0.39, 0.29) is 11.6 Å². The molecule has 0 radical (unpaired) electrons. The van der Waals surface area contributed by atoms with Crippen LogP contribution in [0.3, 0.4) is 0 Å². The monoisotopic (exact) mass is 328 g/mol. The van der Waals surface area contributed by atoms with Gasteiger partial charge in [-0.25, -0.2) is 0 Å². The minimum absolute atomic E-state index is 0.0418. The van der Waals surface area contributed by atoms with Crippen molar-refractivity contribution in [1.29, 1.82) is 0 Å². The fourth-order valence-corrected chi connectivity index (χ4v) is 2.48. The fourth-order valence-electron chi connectivity index (χ4n) is 2.48. The van der Waals surface area contributed by atoms with Crippen molar-refractivity contribution in [3.63, 3.8) is 0 Å². The molecule has 0 saturated heterocycles. The van der Waals surface area contributed by atoms with E-state index >= 15 is 0 Å². The predicted molar refractivity (Wildman–Crippen MR) is 91.3 cm³/mol. The molecule has 6 heteroatoms. The van der Waals surface area contributed by atoms with E-state index in [9.17, 15) is 14.9 Å². The number of rotatable bonds is 6. The standard InChI is InChI=1S/C18H20N2O4/c1-18(2,12-14-6-4-5-7-16(14)24-3)19-17(21)13-8-10-15(11-9-13)20(22)23/h4-11H,12H2,1-3H3,(H,19,21). The van der Waals surface area contributed by atoms with Crippen LogP contribution in [0.4, 0.5) is 5.69 Å². The smallest absolute Gasteiger partial charge is 0.269 e. The van der Waals surface area contributed by atoms with E-state index in [1.54, 1.807) is 7.11 Å². The van der Waals surface area contributed by atoms with Crippen LogP contribution in [0.2, 0.25) is 0 Å². The summed E-state index contributed by atoms with van der Waals surface area (Å²) in [5.41, 5.74) is 0.829. The Labute approximate surface area is 140 Å². The molecule has 1 N–H and O–H groups in total. The van der Waals surface area contributed by atoms with Crippen molar-refractivity contribution in [1.82, 2.24) is 5.32 Å². The molecule has 2 aromatic rings. The quantitative estimate of drug-likeness (QED) is 0.651. The highest BCUT2D eigenvalue weighted by Gasteiger charge is 2.23. The summed E-state index contributed by atoms with van der Waals surface area (Å²) in [4.78, 5) is 22.5. The Morgan fingerprint density at radius 2 is 1.79 bits per heavy atom. The summed E-state index contributed by atoms with van der Waals surface area (Å²) in [6.07, 6.45) is 0.593. The number of carbonyl (C=O) groups is 1. The number of benzene rings is 2. The number of nitrogens with zero attached hydrogens (tertiary/aromatic N) is 1. The summed E-state index contributed by atoms with van der Waals surface area (Å²) in [6, 6.07) is 13.2. The minimum Gasteiger partial charge on any atom is -0.496 e. The lowest BCUT2D eigenvalue weighted by Crippen LogP contribution is -2.45. The van der Waals surface area contributed by atoms with Gasteiger partial charge in [0.1, 0.15) is 5.75 Å². The lowest BCUT2D eigenvalue weighted by molar-refractivity contribution is -0.384. The van der Waals surface area contributed by atoms with Crippen molar-refractivity contribution in [2.24, 2.45) is 0 Å². The average molecular weight is 328 g/mol. The molecule has 0 aromatic heterocycles.